The van der Waals surface area contributed by atoms with Crippen molar-refractivity contribution in [3.8, 4) is 11.5 Å². The molecule has 1 amide bonds. The van der Waals surface area contributed by atoms with Gasteiger partial charge in [-0.05, 0) is 93.9 Å². The number of carbonyl (C=O) groups excluding carboxylic acids is 1. The third-order valence-corrected chi connectivity index (χ3v) is 7.71. The maximum Gasteiger partial charge on any atom is 0.253 e. The SMILES string of the molecule is CC(C)CCN(CCC(C)C)C(=O)c1ccc2nc(-c3cccn3C)n(CCCN3CCCCC3)c2c1. The van der Waals surface area contributed by atoms with Crippen LogP contribution in [0.15, 0.2) is 36.5 Å². The minimum atomic E-state index is 0.143. The molecule has 0 N–H and O–H groups in total. The summed E-state index contributed by atoms with van der Waals surface area (Å²) in [6.45, 7) is 15.0. The Morgan fingerprint density at radius 1 is 0.973 bits per heavy atom. The van der Waals surface area contributed by atoms with E-state index < -0.39 is 0 Å². The first-order valence-electron chi connectivity index (χ1n) is 14.5. The smallest absolute Gasteiger partial charge is 0.253 e. The molecule has 1 aliphatic heterocycles. The number of carbonyl (C=O) groups is 1. The summed E-state index contributed by atoms with van der Waals surface area (Å²) in [4.78, 5) is 23.4. The lowest BCUT2D eigenvalue weighted by Gasteiger charge is -2.26. The van der Waals surface area contributed by atoms with Crippen LogP contribution in [0, 0.1) is 11.8 Å². The fourth-order valence-electron chi connectivity index (χ4n) is 5.33. The molecular weight excluding hydrogens is 458 g/mol. The number of nitrogens with zero attached hydrogens (tertiary/aromatic N) is 5. The first-order valence-corrected chi connectivity index (χ1v) is 14.5. The van der Waals surface area contributed by atoms with Gasteiger partial charge in [-0.3, -0.25) is 4.79 Å². The van der Waals surface area contributed by atoms with Crippen molar-refractivity contribution in [2.75, 3.05) is 32.7 Å². The van der Waals surface area contributed by atoms with E-state index in [4.69, 9.17) is 4.98 Å². The van der Waals surface area contributed by atoms with Crippen molar-refractivity contribution in [2.24, 2.45) is 18.9 Å². The van der Waals surface area contributed by atoms with E-state index in [0.29, 0.717) is 11.8 Å². The number of hydrogen-bond donors (Lipinski definition) is 0. The van der Waals surface area contributed by atoms with Gasteiger partial charge in [-0.25, -0.2) is 4.98 Å². The first-order chi connectivity index (χ1) is 17.8. The average Bonchev–Trinajstić information content (AvgIpc) is 3.46. The van der Waals surface area contributed by atoms with Crippen molar-refractivity contribution in [3.05, 3.63) is 42.1 Å². The summed E-state index contributed by atoms with van der Waals surface area (Å²) < 4.78 is 4.48. The highest BCUT2D eigenvalue weighted by atomic mass is 16.2. The fraction of sp³-hybridized carbons (Fsp3) is 0.613. The highest BCUT2D eigenvalue weighted by molar-refractivity contribution is 5.98. The molecule has 0 radical (unpaired) electrons. The second-order valence-electron chi connectivity index (χ2n) is 11.7. The Balaban J connectivity index is 1.63. The molecule has 2 aromatic heterocycles. The van der Waals surface area contributed by atoms with Crippen LogP contribution in [0.4, 0.5) is 0 Å². The van der Waals surface area contributed by atoms with Crippen LogP contribution in [0.5, 0.6) is 0 Å². The molecule has 3 aromatic rings. The van der Waals surface area contributed by atoms with Crippen molar-refractivity contribution >= 4 is 16.9 Å². The van der Waals surface area contributed by atoms with Gasteiger partial charge < -0.3 is 18.9 Å². The normalized spacial score (nSPS) is 14.8. The number of hydrogen-bond acceptors (Lipinski definition) is 3. The molecule has 6 heteroatoms. The molecule has 1 aromatic carbocycles. The molecule has 1 saturated heterocycles. The summed E-state index contributed by atoms with van der Waals surface area (Å²) in [5.41, 5.74) is 3.91. The van der Waals surface area contributed by atoms with Crippen molar-refractivity contribution in [1.82, 2.24) is 23.9 Å². The molecule has 0 unspecified atom stereocenters. The van der Waals surface area contributed by atoms with Crippen LogP contribution in [-0.4, -0.2) is 62.5 Å². The number of piperidine rings is 1. The zero-order valence-electron chi connectivity index (χ0n) is 23.7. The summed E-state index contributed by atoms with van der Waals surface area (Å²) in [6, 6.07) is 10.3. The molecule has 0 atom stereocenters. The standard InChI is InChI=1S/C31H47N5O/c1-24(2)14-21-35(22-15-25(3)4)31(37)26-12-13-27-29(23-26)36(20-10-19-34-17-7-6-8-18-34)30(32-27)28-11-9-16-33(28)5/h9,11-13,16,23-25H,6-8,10,14-15,17-22H2,1-5H3. The van der Waals surface area contributed by atoms with Crippen LogP contribution in [-0.2, 0) is 13.6 Å². The van der Waals surface area contributed by atoms with Crippen LogP contribution in [0.1, 0.15) is 76.6 Å². The fourth-order valence-corrected chi connectivity index (χ4v) is 5.33. The zero-order chi connectivity index (χ0) is 26.4. The third-order valence-electron chi connectivity index (χ3n) is 7.71. The molecule has 37 heavy (non-hydrogen) atoms. The summed E-state index contributed by atoms with van der Waals surface area (Å²) >= 11 is 0. The predicted octanol–water partition coefficient (Wildman–Crippen LogP) is 6.45. The van der Waals surface area contributed by atoms with Gasteiger partial charge in [-0.15, -0.1) is 0 Å². The van der Waals surface area contributed by atoms with Crippen molar-refractivity contribution in [1.29, 1.82) is 0 Å². The van der Waals surface area contributed by atoms with E-state index in [9.17, 15) is 4.79 Å². The molecule has 6 nitrogen and oxygen atoms in total. The Kier molecular flexibility index (Phi) is 9.47. The maximum atomic E-state index is 13.7. The molecule has 1 aliphatic rings. The largest absolute Gasteiger partial charge is 0.348 e. The Bertz CT molecular complexity index is 1140. The Morgan fingerprint density at radius 2 is 1.68 bits per heavy atom. The monoisotopic (exact) mass is 505 g/mol. The highest BCUT2D eigenvalue weighted by Gasteiger charge is 2.20. The first kappa shape index (κ1) is 27.4. The number of imidazole rings is 1. The van der Waals surface area contributed by atoms with E-state index in [-0.39, 0.29) is 5.91 Å². The van der Waals surface area contributed by atoms with Crippen molar-refractivity contribution < 1.29 is 4.79 Å². The number of aromatic nitrogens is 3. The van der Waals surface area contributed by atoms with Crippen LogP contribution in [0.2, 0.25) is 0 Å². The van der Waals surface area contributed by atoms with Gasteiger partial charge in [0.25, 0.3) is 5.91 Å². The van der Waals surface area contributed by atoms with Crippen LogP contribution >= 0.6 is 0 Å². The van der Waals surface area contributed by atoms with Gasteiger partial charge in [-0.1, -0.05) is 34.1 Å². The molecule has 4 rings (SSSR count). The Morgan fingerprint density at radius 3 is 2.30 bits per heavy atom. The van der Waals surface area contributed by atoms with E-state index in [2.05, 4.69) is 78.1 Å². The van der Waals surface area contributed by atoms with Crippen LogP contribution in [0.3, 0.4) is 0 Å². The van der Waals surface area contributed by atoms with E-state index in [1.807, 2.05) is 12.1 Å². The van der Waals surface area contributed by atoms with Crippen LogP contribution < -0.4 is 0 Å². The molecule has 0 saturated carbocycles. The molecule has 1 fully saturated rings. The second-order valence-corrected chi connectivity index (χ2v) is 11.7. The predicted molar refractivity (Wildman–Crippen MR) is 154 cm³/mol. The van der Waals surface area contributed by atoms with Gasteiger partial charge in [0.2, 0.25) is 0 Å². The number of fused-ring (bicyclic) bond motifs is 1. The zero-order valence-corrected chi connectivity index (χ0v) is 23.7. The molecule has 202 valence electrons. The van der Waals surface area contributed by atoms with Gasteiger partial charge >= 0.3 is 0 Å². The maximum absolute atomic E-state index is 13.7. The Hall–Kier alpha value is -2.60. The lowest BCUT2D eigenvalue weighted by Crippen LogP contribution is -2.34. The lowest BCUT2D eigenvalue weighted by molar-refractivity contribution is 0.0741. The number of benzene rings is 1. The van der Waals surface area contributed by atoms with Gasteiger partial charge in [0.15, 0.2) is 5.82 Å². The van der Waals surface area contributed by atoms with Gasteiger partial charge in [0, 0.05) is 38.4 Å². The summed E-state index contributed by atoms with van der Waals surface area (Å²) in [7, 11) is 2.07. The average molecular weight is 506 g/mol. The van der Waals surface area contributed by atoms with E-state index in [1.54, 1.807) is 0 Å². The minimum Gasteiger partial charge on any atom is -0.348 e. The Labute approximate surface area is 223 Å². The van der Waals surface area contributed by atoms with Crippen LogP contribution in [0.25, 0.3) is 22.6 Å². The number of amides is 1. The van der Waals surface area contributed by atoms with Crippen molar-refractivity contribution in [3.63, 3.8) is 0 Å². The number of rotatable bonds is 12. The lowest BCUT2D eigenvalue weighted by atomic mass is 10.1. The summed E-state index contributed by atoms with van der Waals surface area (Å²) in [5.74, 6) is 2.28. The van der Waals surface area contributed by atoms with Gasteiger partial charge in [0.1, 0.15) is 0 Å². The molecule has 0 bridgehead atoms. The summed E-state index contributed by atoms with van der Waals surface area (Å²) in [6.07, 6.45) is 9.20. The second kappa shape index (κ2) is 12.8. The molecule has 3 heterocycles. The molecule has 0 spiro atoms. The van der Waals surface area contributed by atoms with E-state index in [1.165, 1.54) is 32.4 Å². The topological polar surface area (TPSA) is 46.3 Å². The number of aryl methyl sites for hydroxylation is 2. The molecular formula is C31H47N5O. The molecule has 0 aliphatic carbocycles. The highest BCUT2D eigenvalue weighted by Crippen LogP contribution is 2.27. The van der Waals surface area contributed by atoms with Gasteiger partial charge in [-0.2, -0.15) is 0 Å². The minimum absolute atomic E-state index is 0.143. The van der Waals surface area contributed by atoms with E-state index in [0.717, 1.165) is 73.6 Å². The number of likely N-dealkylation sites (tertiary alicyclic amines) is 1. The quantitative estimate of drug-likeness (QED) is 0.284. The van der Waals surface area contributed by atoms with Crippen molar-refractivity contribution in [2.45, 2.75) is 72.8 Å². The third kappa shape index (κ3) is 7.04. The van der Waals surface area contributed by atoms with E-state index >= 15 is 0 Å². The summed E-state index contributed by atoms with van der Waals surface area (Å²) in [5, 5.41) is 0. The van der Waals surface area contributed by atoms with Gasteiger partial charge in [0.05, 0.1) is 16.7 Å².